The molecule has 264 valence electrons. The van der Waals surface area contributed by atoms with Crippen molar-refractivity contribution in [3.8, 4) is 11.8 Å². The molecule has 0 saturated carbocycles. The Morgan fingerprint density at radius 3 is 2.78 bits per heavy atom. The van der Waals surface area contributed by atoms with Gasteiger partial charge < -0.3 is 19.6 Å². The molecule has 2 aromatic heterocycles. The fourth-order valence-electron chi connectivity index (χ4n) is 8.90. The lowest BCUT2D eigenvalue weighted by Gasteiger charge is -2.35. The molecule has 3 atom stereocenters. The van der Waals surface area contributed by atoms with E-state index in [0.29, 0.717) is 57.6 Å². The van der Waals surface area contributed by atoms with Crippen molar-refractivity contribution in [3.63, 3.8) is 0 Å². The first-order valence-electron chi connectivity index (χ1n) is 18.1. The molecule has 1 N–H and O–H groups in total. The number of halogens is 2. The predicted octanol–water partition coefficient (Wildman–Crippen LogP) is 6.01. The molecule has 0 spiro atoms. The first-order chi connectivity index (χ1) is 24.2. The number of phenolic OH excluding ortho intramolecular Hbond substituents is 1. The minimum atomic E-state index is -0.868. The summed E-state index contributed by atoms with van der Waals surface area (Å²) in [4.78, 5) is 30.3. The highest BCUT2D eigenvalue weighted by Gasteiger charge is 2.49. The van der Waals surface area contributed by atoms with Crippen LogP contribution in [0.4, 0.5) is 20.3 Å². The maximum atomic E-state index is 15.1. The second-order valence-electron chi connectivity index (χ2n) is 14.6. The number of nitrogens with zero attached hydrogens (tertiary/aromatic N) is 7. The molecule has 4 aliphatic rings. The number of rotatable bonds is 7. The number of aryl methyl sites for hydroxylation is 2. The van der Waals surface area contributed by atoms with E-state index in [1.807, 2.05) is 19.9 Å². The second-order valence-corrected chi connectivity index (χ2v) is 14.6. The summed E-state index contributed by atoms with van der Waals surface area (Å²) in [7, 11) is 0. The van der Waals surface area contributed by atoms with Gasteiger partial charge in [0.05, 0.1) is 29.4 Å². The highest BCUT2D eigenvalue weighted by Crippen LogP contribution is 2.42. The number of aromatic hydroxyl groups is 1. The highest BCUT2D eigenvalue weighted by molar-refractivity contribution is 5.98. The zero-order chi connectivity index (χ0) is 34.6. The third-order valence-corrected chi connectivity index (χ3v) is 11.3. The molecule has 8 rings (SSSR count). The first-order valence-corrected chi connectivity index (χ1v) is 18.1. The third-order valence-electron chi connectivity index (χ3n) is 11.3. The molecule has 3 saturated heterocycles. The molecular weight excluding hydrogens is 640 g/mol. The number of phenols is 1. The number of fused-ring (bicyclic) bond motifs is 3. The number of ether oxygens (including phenoxy) is 1. The van der Waals surface area contributed by atoms with E-state index in [1.54, 1.807) is 24.4 Å². The van der Waals surface area contributed by atoms with Crippen LogP contribution < -0.4 is 14.5 Å². The van der Waals surface area contributed by atoms with Gasteiger partial charge in [0.15, 0.2) is 0 Å². The number of aromatic nitrogens is 4. The Labute approximate surface area is 291 Å². The van der Waals surface area contributed by atoms with Crippen LogP contribution in [-0.4, -0.2) is 86.7 Å². The quantitative estimate of drug-likeness (QED) is 0.251. The van der Waals surface area contributed by atoms with Gasteiger partial charge >= 0.3 is 6.01 Å². The molecule has 0 radical (unpaired) electrons. The summed E-state index contributed by atoms with van der Waals surface area (Å²) in [6.45, 7) is 7.70. The van der Waals surface area contributed by atoms with Gasteiger partial charge in [0.2, 0.25) is 0 Å². The minimum Gasteiger partial charge on any atom is -0.508 e. The van der Waals surface area contributed by atoms with Crippen molar-refractivity contribution in [2.45, 2.75) is 83.5 Å². The van der Waals surface area contributed by atoms with Crippen LogP contribution in [0.2, 0.25) is 0 Å². The van der Waals surface area contributed by atoms with Crippen LogP contribution in [0.1, 0.15) is 72.8 Å². The topological polar surface area (TPSA) is 99.9 Å². The van der Waals surface area contributed by atoms with E-state index in [9.17, 15) is 14.3 Å². The van der Waals surface area contributed by atoms with Crippen LogP contribution in [0.5, 0.6) is 11.8 Å². The molecule has 50 heavy (non-hydrogen) atoms. The monoisotopic (exact) mass is 685 g/mol. The molecular formula is C38H45F2N7O3. The molecule has 0 bridgehead atoms. The summed E-state index contributed by atoms with van der Waals surface area (Å²) in [5, 5.41) is 16.7. The van der Waals surface area contributed by atoms with Gasteiger partial charge in [0.25, 0.3) is 5.91 Å². The van der Waals surface area contributed by atoms with Gasteiger partial charge in [-0.2, -0.15) is 15.1 Å². The van der Waals surface area contributed by atoms with Crippen LogP contribution in [0.3, 0.4) is 0 Å². The average Bonchev–Trinajstić information content (AvgIpc) is 3.73. The highest BCUT2D eigenvalue weighted by atomic mass is 19.1. The SMILES string of the molecule is CCc1c(F)ccc2cc(O)cc(N3CCc4c(nc(OC[C@@]56CCCN5C[C@H](F)C6)nc4N4CCCCC(C(=O)n5ccc(C)n5)C4)C3)c12. The standard InChI is InChI=1S/C38H45F2N7O3/c1-3-29-31(40)9-8-25-17-28(48)18-33(34(25)29)44-15-11-30-32(22-44)41-37(50-23-38-12-6-14-46(38)21-27(39)19-38)42-35(30)45-13-5-4-7-26(20-45)36(49)47-16-10-24(2)43-47/h8-10,16-18,26-27,48H,3-7,11-15,19-23H2,1-2H3/t26?,27-,38+/m1/s1. The van der Waals surface area contributed by atoms with Gasteiger partial charge in [-0.1, -0.05) is 19.4 Å². The molecule has 1 unspecified atom stereocenters. The van der Waals surface area contributed by atoms with Gasteiger partial charge in [0.1, 0.15) is 30.2 Å². The molecule has 0 aliphatic carbocycles. The van der Waals surface area contributed by atoms with Crippen molar-refractivity contribution in [2.75, 3.05) is 49.1 Å². The van der Waals surface area contributed by atoms with Crippen molar-refractivity contribution in [1.29, 1.82) is 0 Å². The Hall–Kier alpha value is -4.32. The van der Waals surface area contributed by atoms with Crippen molar-refractivity contribution in [3.05, 3.63) is 64.9 Å². The van der Waals surface area contributed by atoms with E-state index in [1.165, 1.54) is 10.7 Å². The Balaban J connectivity index is 1.16. The first kappa shape index (κ1) is 32.9. The van der Waals surface area contributed by atoms with E-state index >= 15 is 4.39 Å². The average molecular weight is 686 g/mol. The summed E-state index contributed by atoms with van der Waals surface area (Å²) in [5.41, 5.74) is 3.64. The number of carbonyl (C=O) groups is 1. The lowest BCUT2D eigenvalue weighted by atomic mass is 9.95. The van der Waals surface area contributed by atoms with E-state index < -0.39 is 6.17 Å². The Bertz CT molecular complexity index is 1930. The van der Waals surface area contributed by atoms with Crippen LogP contribution in [-0.2, 0) is 19.4 Å². The molecule has 6 heterocycles. The van der Waals surface area contributed by atoms with Crippen LogP contribution >= 0.6 is 0 Å². The number of benzene rings is 2. The van der Waals surface area contributed by atoms with Gasteiger partial charge in [-0.05, 0) is 81.1 Å². The van der Waals surface area contributed by atoms with E-state index in [0.717, 1.165) is 84.4 Å². The van der Waals surface area contributed by atoms with Crippen LogP contribution in [0.25, 0.3) is 10.8 Å². The second kappa shape index (κ2) is 13.1. The molecule has 4 aromatic rings. The molecule has 2 aromatic carbocycles. The molecule has 3 fully saturated rings. The third kappa shape index (κ3) is 5.95. The number of anilines is 2. The zero-order valence-electron chi connectivity index (χ0n) is 28.9. The minimum absolute atomic E-state index is 0.0206. The van der Waals surface area contributed by atoms with Gasteiger partial charge in [-0.15, -0.1) is 0 Å². The van der Waals surface area contributed by atoms with Crippen molar-refractivity contribution in [2.24, 2.45) is 5.92 Å². The number of alkyl halides is 1. The molecule has 0 amide bonds. The molecule has 12 heteroatoms. The normalized spacial score (nSPS) is 24.0. The fraction of sp³-hybridized carbons (Fsp3) is 0.526. The fourth-order valence-corrected chi connectivity index (χ4v) is 8.90. The predicted molar refractivity (Wildman–Crippen MR) is 187 cm³/mol. The smallest absolute Gasteiger partial charge is 0.318 e. The molecule has 4 aliphatic heterocycles. The lowest BCUT2D eigenvalue weighted by Crippen LogP contribution is -2.43. The van der Waals surface area contributed by atoms with Crippen molar-refractivity contribution >= 4 is 28.2 Å². The van der Waals surface area contributed by atoms with Crippen molar-refractivity contribution < 1.29 is 23.4 Å². The maximum Gasteiger partial charge on any atom is 0.318 e. The molecule has 10 nitrogen and oxygen atoms in total. The van der Waals surface area contributed by atoms with Gasteiger partial charge in [-0.25, -0.2) is 13.5 Å². The Kier molecular flexibility index (Phi) is 8.61. The zero-order valence-corrected chi connectivity index (χ0v) is 28.9. The van der Waals surface area contributed by atoms with E-state index in [4.69, 9.17) is 14.7 Å². The van der Waals surface area contributed by atoms with E-state index in [-0.39, 0.29) is 34.9 Å². The van der Waals surface area contributed by atoms with E-state index in [2.05, 4.69) is 19.8 Å². The van der Waals surface area contributed by atoms with Gasteiger partial charge in [-0.3, -0.25) is 9.69 Å². The number of carbonyl (C=O) groups excluding carboxylic acids is 1. The number of hydrogen-bond acceptors (Lipinski definition) is 9. The Morgan fingerprint density at radius 1 is 1.08 bits per heavy atom. The summed E-state index contributed by atoms with van der Waals surface area (Å²) < 4.78 is 37.6. The summed E-state index contributed by atoms with van der Waals surface area (Å²) in [6.07, 6.45) is 6.94. The lowest BCUT2D eigenvalue weighted by molar-refractivity contribution is 0.0815. The Morgan fingerprint density at radius 2 is 1.96 bits per heavy atom. The summed E-state index contributed by atoms with van der Waals surface area (Å²) in [6, 6.07) is 8.67. The van der Waals surface area contributed by atoms with Crippen LogP contribution in [0, 0.1) is 18.7 Å². The summed E-state index contributed by atoms with van der Waals surface area (Å²) in [5.74, 6) is 0.363. The maximum absolute atomic E-state index is 15.1. The van der Waals surface area contributed by atoms with Crippen LogP contribution in [0.15, 0.2) is 36.5 Å². The van der Waals surface area contributed by atoms with Gasteiger partial charge in [0, 0.05) is 61.5 Å². The summed E-state index contributed by atoms with van der Waals surface area (Å²) >= 11 is 0. The largest absolute Gasteiger partial charge is 0.508 e. The van der Waals surface area contributed by atoms with Crippen molar-refractivity contribution in [1.82, 2.24) is 24.6 Å². The number of hydrogen-bond donors (Lipinski definition) is 1.